The Kier molecular flexibility index (Phi) is 2.45. The van der Waals surface area contributed by atoms with Crippen molar-refractivity contribution in [3.05, 3.63) is 55.5 Å². The topological polar surface area (TPSA) is 17.8 Å². The summed E-state index contributed by atoms with van der Waals surface area (Å²) in [5, 5.41) is 0. The molecule has 0 aliphatic heterocycles. The third-order valence-electron chi connectivity index (χ3n) is 2.04. The molecule has 2 aromatic rings. The van der Waals surface area contributed by atoms with Gasteiger partial charge in [0.05, 0.1) is 12.0 Å². The van der Waals surface area contributed by atoms with Gasteiger partial charge in [0.25, 0.3) is 0 Å². The van der Waals surface area contributed by atoms with Gasteiger partial charge in [-0.1, -0.05) is 36.4 Å². The van der Waals surface area contributed by atoms with Gasteiger partial charge < -0.3 is 4.57 Å². The largest absolute Gasteiger partial charge is 0.333 e. The van der Waals surface area contributed by atoms with Crippen LogP contribution >= 0.6 is 0 Å². The van der Waals surface area contributed by atoms with Crippen molar-refractivity contribution in [1.29, 1.82) is 0 Å². The molecule has 1 heterocycles. The Morgan fingerprint density at radius 2 is 2.07 bits per heavy atom. The fourth-order valence-corrected chi connectivity index (χ4v) is 1.37. The van der Waals surface area contributed by atoms with Crippen molar-refractivity contribution in [3.8, 4) is 11.3 Å². The van der Waals surface area contributed by atoms with E-state index in [1.165, 1.54) is 0 Å². The van der Waals surface area contributed by atoms with Crippen LogP contribution < -0.4 is 0 Å². The minimum absolute atomic E-state index is 0.805. The number of hydrogen-bond donors (Lipinski definition) is 0. The zero-order valence-electron chi connectivity index (χ0n) is 7.93. The van der Waals surface area contributed by atoms with E-state index < -0.39 is 0 Å². The van der Waals surface area contributed by atoms with Gasteiger partial charge in [-0.25, -0.2) is 4.98 Å². The lowest BCUT2D eigenvalue weighted by Gasteiger charge is -1.94. The zero-order valence-corrected chi connectivity index (χ0v) is 7.93. The van der Waals surface area contributed by atoms with Crippen LogP contribution in [0.3, 0.4) is 0 Å². The summed E-state index contributed by atoms with van der Waals surface area (Å²) in [6.45, 7) is 4.49. The molecule has 70 valence electrons. The van der Waals surface area contributed by atoms with E-state index in [9.17, 15) is 0 Å². The van der Waals surface area contributed by atoms with Gasteiger partial charge in [-0.2, -0.15) is 0 Å². The highest BCUT2D eigenvalue weighted by Crippen LogP contribution is 2.15. The van der Waals surface area contributed by atoms with Crippen molar-refractivity contribution in [2.45, 2.75) is 6.54 Å². The van der Waals surface area contributed by atoms with E-state index >= 15 is 0 Å². The number of allylic oxidation sites excluding steroid dienone is 1. The van der Waals surface area contributed by atoms with E-state index in [0.717, 1.165) is 17.8 Å². The quantitative estimate of drug-likeness (QED) is 0.671. The molecule has 0 bridgehead atoms. The van der Waals surface area contributed by atoms with Gasteiger partial charge >= 0.3 is 0 Å². The summed E-state index contributed by atoms with van der Waals surface area (Å²) in [7, 11) is 0. The predicted molar refractivity (Wildman–Crippen MR) is 57.9 cm³/mol. The average Bonchev–Trinajstić information content (AvgIpc) is 2.68. The van der Waals surface area contributed by atoms with Crippen molar-refractivity contribution < 1.29 is 0 Å². The maximum atomic E-state index is 4.32. The average molecular weight is 184 g/mol. The number of imidazole rings is 1. The van der Waals surface area contributed by atoms with Gasteiger partial charge in [-0.05, 0) is 0 Å². The molecule has 0 aliphatic rings. The minimum atomic E-state index is 0.805. The fraction of sp³-hybridized carbons (Fsp3) is 0.0833. The summed E-state index contributed by atoms with van der Waals surface area (Å²) < 4.78 is 2.01. The van der Waals surface area contributed by atoms with E-state index in [1.807, 2.05) is 41.4 Å². The van der Waals surface area contributed by atoms with Crippen LogP contribution in [-0.2, 0) is 6.54 Å². The maximum Gasteiger partial charge on any atom is 0.0956 e. The van der Waals surface area contributed by atoms with Crippen molar-refractivity contribution in [3.63, 3.8) is 0 Å². The predicted octanol–water partition coefficient (Wildman–Crippen LogP) is 2.74. The molecule has 0 amide bonds. The highest BCUT2D eigenvalue weighted by atomic mass is 15.0. The highest BCUT2D eigenvalue weighted by molar-refractivity contribution is 5.57. The van der Waals surface area contributed by atoms with Crippen LogP contribution in [0.1, 0.15) is 0 Å². The Hall–Kier alpha value is -1.83. The standard InChI is InChI=1S/C12H12N2/c1-2-8-14-9-12(13-10-14)11-6-4-3-5-7-11/h2-7,9-10H,1,8H2. The van der Waals surface area contributed by atoms with Crippen molar-refractivity contribution in [1.82, 2.24) is 9.55 Å². The molecule has 0 unspecified atom stereocenters. The third-order valence-corrected chi connectivity index (χ3v) is 2.04. The lowest BCUT2D eigenvalue weighted by atomic mass is 10.2. The molecule has 2 nitrogen and oxygen atoms in total. The van der Waals surface area contributed by atoms with Crippen molar-refractivity contribution in [2.75, 3.05) is 0 Å². The molecule has 0 spiro atoms. The summed E-state index contributed by atoms with van der Waals surface area (Å²) in [5.74, 6) is 0. The van der Waals surface area contributed by atoms with E-state index in [4.69, 9.17) is 0 Å². The molecule has 0 N–H and O–H groups in total. The SMILES string of the molecule is C=CCn1cnc(-c2ccccc2)c1. The highest BCUT2D eigenvalue weighted by Gasteiger charge is 1.99. The normalized spacial score (nSPS) is 10.0. The zero-order chi connectivity index (χ0) is 9.80. The molecule has 0 saturated carbocycles. The lowest BCUT2D eigenvalue weighted by Crippen LogP contribution is -1.88. The summed E-state index contributed by atoms with van der Waals surface area (Å²) >= 11 is 0. The Bertz CT molecular complexity index is 415. The number of rotatable bonds is 3. The van der Waals surface area contributed by atoms with Crippen LogP contribution in [0, 0.1) is 0 Å². The first-order chi connectivity index (χ1) is 6.90. The Morgan fingerprint density at radius 1 is 1.29 bits per heavy atom. The Labute approximate surface area is 83.5 Å². The smallest absolute Gasteiger partial charge is 0.0956 e. The maximum absolute atomic E-state index is 4.32. The molecule has 2 rings (SSSR count). The second-order valence-corrected chi connectivity index (χ2v) is 3.11. The molecule has 0 saturated heterocycles. The van der Waals surface area contributed by atoms with E-state index in [2.05, 4.69) is 23.7 Å². The van der Waals surface area contributed by atoms with Crippen LogP contribution in [0.15, 0.2) is 55.5 Å². The molecule has 0 atom stereocenters. The van der Waals surface area contributed by atoms with Gasteiger partial charge in [-0.15, -0.1) is 6.58 Å². The van der Waals surface area contributed by atoms with Crippen LogP contribution in [0.4, 0.5) is 0 Å². The molecular formula is C12H12N2. The lowest BCUT2D eigenvalue weighted by molar-refractivity contribution is 0.822. The summed E-state index contributed by atoms with van der Waals surface area (Å²) in [5.41, 5.74) is 2.16. The molecule has 0 fully saturated rings. The van der Waals surface area contributed by atoms with Crippen LogP contribution in [0.2, 0.25) is 0 Å². The van der Waals surface area contributed by atoms with E-state index in [-0.39, 0.29) is 0 Å². The van der Waals surface area contributed by atoms with Gasteiger partial charge in [0.15, 0.2) is 0 Å². The fourth-order valence-electron chi connectivity index (χ4n) is 1.37. The summed E-state index contributed by atoms with van der Waals surface area (Å²) in [4.78, 5) is 4.32. The van der Waals surface area contributed by atoms with E-state index in [1.54, 1.807) is 0 Å². The molecule has 0 aliphatic carbocycles. The molecular weight excluding hydrogens is 172 g/mol. The number of nitrogens with zero attached hydrogens (tertiary/aromatic N) is 2. The minimum Gasteiger partial charge on any atom is -0.333 e. The van der Waals surface area contributed by atoms with Gasteiger partial charge in [0, 0.05) is 18.3 Å². The van der Waals surface area contributed by atoms with Crippen LogP contribution in [0.5, 0.6) is 0 Å². The summed E-state index contributed by atoms with van der Waals surface area (Å²) in [6.07, 6.45) is 5.71. The van der Waals surface area contributed by atoms with E-state index in [0.29, 0.717) is 0 Å². The molecule has 0 radical (unpaired) electrons. The molecule has 1 aromatic carbocycles. The number of benzene rings is 1. The molecule has 2 heteroatoms. The van der Waals surface area contributed by atoms with Gasteiger partial charge in [0.1, 0.15) is 0 Å². The second-order valence-electron chi connectivity index (χ2n) is 3.11. The van der Waals surface area contributed by atoms with Gasteiger partial charge in [-0.3, -0.25) is 0 Å². The number of aromatic nitrogens is 2. The van der Waals surface area contributed by atoms with Crippen molar-refractivity contribution >= 4 is 0 Å². The van der Waals surface area contributed by atoms with Gasteiger partial charge in [0.2, 0.25) is 0 Å². The first-order valence-corrected chi connectivity index (χ1v) is 4.58. The monoisotopic (exact) mass is 184 g/mol. The number of hydrogen-bond acceptors (Lipinski definition) is 1. The first-order valence-electron chi connectivity index (χ1n) is 4.58. The molecule has 1 aromatic heterocycles. The third kappa shape index (κ3) is 1.74. The summed E-state index contributed by atoms with van der Waals surface area (Å²) in [6, 6.07) is 10.1. The van der Waals surface area contributed by atoms with Crippen LogP contribution in [0.25, 0.3) is 11.3 Å². The Balaban J connectivity index is 2.29. The second kappa shape index (κ2) is 3.92. The van der Waals surface area contributed by atoms with Crippen LogP contribution in [-0.4, -0.2) is 9.55 Å². The first kappa shape index (κ1) is 8.75. The Morgan fingerprint density at radius 3 is 2.79 bits per heavy atom. The molecule has 14 heavy (non-hydrogen) atoms. The van der Waals surface area contributed by atoms with Crippen molar-refractivity contribution in [2.24, 2.45) is 0 Å².